The van der Waals surface area contributed by atoms with Crippen LogP contribution in [0.1, 0.15) is 12.0 Å². The molecule has 2 aliphatic rings. The number of nitrogens with zero attached hydrogens (tertiary/aromatic N) is 6. The van der Waals surface area contributed by atoms with Crippen LogP contribution in [0, 0.1) is 0 Å². The van der Waals surface area contributed by atoms with Gasteiger partial charge >= 0.3 is 5.69 Å². The van der Waals surface area contributed by atoms with Crippen molar-refractivity contribution in [3.05, 3.63) is 69.9 Å². The number of nitrogens with one attached hydrogen (secondary N) is 3. The molecule has 0 radical (unpaired) electrons. The van der Waals surface area contributed by atoms with Gasteiger partial charge in [0.25, 0.3) is 0 Å². The number of aromatic amines is 2. The number of carbonyl (C=O) groups excluding carboxylic acids is 2. The lowest BCUT2D eigenvalue weighted by atomic mass is 10.1. The molecular weight excluding hydrogens is 538 g/mol. The van der Waals surface area contributed by atoms with Crippen molar-refractivity contribution in [3.8, 4) is 5.69 Å². The van der Waals surface area contributed by atoms with Gasteiger partial charge in [0.2, 0.25) is 11.8 Å². The Kier molecular flexibility index (Phi) is 7.15. The average Bonchev–Trinajstić information content (AvgIpc) is 3.71. The molecule has 0 unspecified atom stereocenters. The summed E-state index contributed by atoms with van der Waals surface area (Å²) in [5.74, 6) is -0.601. The third-order valence-electron chi connectivity index (χ3n) is 7.20. The van der Waals surface area contributed by atoms with Gasteiger partial charge in [-0.2, -0.15) is 4.68 Å². The number of ether oxygens (including phenoxy) is 1. The number of likely N-dealkylation sites (tertiary alicyclic amines) is 1. The molecule has 6 rings (SSSR count). The number of hydrogen-bond donors (Lipinski definition) is 3. The summed E-state index contributed by atoms with van der Waals surface area (Å²) in [4.78, 5) is 48.0. The molecule has 2 aromatic heterocycles. The molecule has 4 heterocycles. The topological polar surface area (TPSA) is 154 Å². The summed E-state index contributed by atoms with van der Waals surface area (Å²) < 4.78 is 6.98. The average molecular weight is 564 g/mol. The van der Waals surface area contributed by atoms with E-state index in [1.165, 1.54) is 17.1 Å². The summed E-state index contributed by atoms with van der Waals surface area (Å²) in [7, 11) is 0. The number of rotatable bonds is 6. The Morgan fingerprint density at radius 3 is 2.73 bits per heavy atom. The van der Waals surface area contributed by atoms with Crippen LogP contribution >= 0.6 is 11.6 Å². The molecular formula is C26H26ClN9O4. The second kappa shape index (κ2) is 11.0. The zero-order valence-electron chi connectivity index (χ0n) is 21.3. The van der Waals surface area contributed by atoms with E-state index in [2.05, 4.69) is 35.7 Å². The normalized spacial score (nSPS) is 20.0. The highest BCUT2D eigenvalue weighted by molar-refractivity contribution is 6.30. The zero-order valence-corrected chi connectivity index (χ0v) is 22.0. The number of anilines is 1. The van der Waals surface area contributed by atoms with Gasteiger partial charge in [0.15, 0.2) is 0 Å². The molecule has 40 heavy (non-hydrogen) atoms. The van der Waals surface area contributed by atoms with Gasteiger partial charge in [-0.25, -0.2) is 4.79 Å². The molecule has 2 atom stereocenters. The monoisotopic (exact) mass is 563 g/mol. The molecule has 2 amide bonds. The van der Waals surface area contributed by atoms with E-state index in [0.29, 0.717) is 59.2 Å². The SMILES string of the molecule is O=C(Nc1ccc2[nH]c(=O)[nH]c2c1)[C@@H]1C[C@H](N2CCOCC2)CN1C(=O)/C=C/c1cc(Cl)ccc1-n1cnnn1. The Morgan fingerprint density at radius 1 is 1.10 bits per heavy atom. The highest BCUT2D eigenvalue weighted by Gasteiger charge is 2.41. The summed E-state index contributed by atoms with van der Waals surface area (Å²) in [6.45, 7) is 3.12. The Morgan fingerprint density at radius 2 is 1.93 bits per heavy atom. The van der Waals surface area contributed by atoms with E-state index in [4.69, 9.17) is 16.3 Å². The predicted octanol–water partition coefficient (Wildman–Crippen LogP) is 1.44. The first-order chi connectivity index (χ1) is 19.4. The van der Waals surface area contributed by atoms with Gasteiger partial charge in [-0.1, -0.05) is 11.6 Å². The lowest BCUT2D eigenvalue weighted by Gasteiger charge is -2.31. The summed E-state index contributed by atoms with van der Waals surface area (Å²) >= 11 is 6.22. The fraction of sp³-hybridized carbons (Fsp3) is 0.308. The van der Waals surface area contributed by atoms with E-state index in [-0.39, 0.29) is 23.5 Å². The second-order valence-corrected chi connectivity index (χ2v) is 10.1. The van der Waals surface area contributed by atoms with Crippen molar-refractivity contribution in [2.24, 2.45) is 0 Å². The predicted molar refractivity (Wildman–Crippen MR) is 147 cm³/mol. The number of benzene rings is 2. The largest absolute Gasteiger partial charge is 0.379 e. The number of morpholine rings is 1. The molecule has 0 aliphatic carbocycles. The molecule has 2 aliphatic heterocycles. The van der Waals surface area contributed by atoms with Crippen molar-refractivity contribution in [1.29, 1.82) is 0 Å². The van der Waals surface area contributed by atoms with E-state index in [1.54, 1.807) is 47.4 Å². The number of tetrazole rings is 1. The fourth-order valence-corrected chi connectivity index (χ4v) is 5.43. The molecule has 2 saturated heterocycles. The maximum absolute atomic E-state index is 13.6. The minimum Gasteiger partial charge on any atom is -0.379 e. The highest BCUT2D eigenvalue weighted by atomic mass is 35.5. The Balaban J connectivity index is 1.25. The van der Waals surface area contributed by atoms with E-state index in [0.717, 1.165) is 13.1 Å². The molecule has 3 N–H and O–H groups in total. The quantitative estimate of drug-likeness (QED) is 0.298. The van der Waals surface area contributed by atoms with Crippen molar-refractivity contribution < 1.29 is 14.3 Å². The first-order valence-electron chi connectivity index (χ1n) is 12.8. The summed E-state index contributed by atoms with van der Waals surface area (Å²) in [6.07, 6.45) is 5.04. The number of H-pyrrole nitrogens is 2. The number of halogens is 1. The fourth-order valence-electron chi connectivity index (χ4n) is 5.24. The zero-order chi connectivity index (χ0) is 27.6. The van der Waals surface area contributed by atoms with Crippen molar-refractivity contribution in [1.82, 2.24) is 40.0 Å². The molecule has 0 spiro atoms. The maximum Gasteiger partial charge on any atom is 0.323 e. The first-order valence-corrected chi connectivity index (χ1v) is 13.2. The van der Waals surface area contributed by atoms with Gasteiger partial charge in [-0.15, -0.1) is 5.10 Å². The van der Waals surface area contributed by atoms with Crippen LogP contribution < -0.4 is 11.0 Å². The number of fused-ring (bicyclic) bond motifs is 1. The lowest BCUT2D eigenvalue weighted by molar-refractivity contribution is -0.132. The third-order valence-corrected chi connectivity index (χ3v) is 7.44. The summed E-state index contributed by atoms with van der Waals surface area (Å²) in [6, 6.07) is 9.63. The number of hydrogen-bond acceptors (Lipinski definition) is 8. The minimum absolute atomic E-state index is 0.0171. The van der Waals surface area contributed by atoms with Crippen molar-refractivity contribution in [2.75, 3.05) is 38.2 Å². The highest BCUT2D eigenvalue weighted by Crippen LogP contribution is 2.26. The summed E-state index contributed by atoms with van der Waals surface area (Å²) in [5, 5.41) is 14.7. The van der Waals surface area contributed by atoms with E-state index < -0.39 is 6.04 Å². The van der Waals surface area contributed by atoms with Crippen LogP contribution in [-0.4, -0.2) is 96.7 Å². The van der Waals surface area contributed by atoms with Gasteiger partial charge in [-0.05, 0) is 59.3 Å². The van der Waals surface area contributed by atoms with Crippen LogP contribution in [-0.2, 0) is 14.3 Å². The minimum atomic E-state index is -0.690. The molecule has 4 aromatic rings. The van der Waals surface area contributed by atoms with Crippen LogP contribution in [0.4, 0.5) is 5.69 Å². The van der Waals surface area contributed by atoms with Gasteiger partial charge in [0, 0.05) is 48.0 Å². The lowest BCUT2D eigenvalue weighted by Crippen LogP contribution is -2.45. The van der Waals surface area contributed by atoms with Crippen LogP contribution in [0.15, 0.2) is 53.6 Å². The smallest absolute Gasteiger partial charge is 0.323 e. The Hall–Kier alpha value is -4.33. The molecule has 206 valence electrons. The second-order valence-electron chi connectivity index (χ2n) is 9.66. The van der Waals surface area contributed by atoms with E-state index in [9.17, 15) is 14.4 Å². The molecule has 13 nitrogen and oxygen atoms in total. The molecule has 0 bridgehead atoms. The third kappa shape index (κ3) is 5.39. The first kappa shape index (κ1) is 25.9. The molecule has 0 saturated carbocycles. The maximum atomic E-state index is 13.6. The van der Waals surface area contributed by atoms with Crippen LogP contribution in [0.3, 0.4) is 0 Å². The Bertz CT molecular complexity index is 1620. The van der Waals surface area contributed by atoms with Gasteiger partial charge in [0.1, 0.15) is 12.4 Å². The Labute approximate surface area is 232 Å². The van der Waals surface area contributed by atoms with Crippen molar-refractivity contribution in [3.63, 3.8) is 0 Å². The van der Waals surface area contributed by atoms with E-state index >= 15 is 0 Å². The molecule has 2 fully saturated rings. The number of aromatic nitrogens is 6. The molecule has 2 aromatic carbocycles. The van der Waals surface area contributed by atoms with Crippen LogP contribution in [0.5, 0.6) is 0 Å². The van der Waals surface area contributed by atoms with Gasteiger partial charge in [0.05, 0.1) is 29.9 Å². The van der Waals surface area contributed by atoms with Crippen molar-refractivity contribution >= 4 is 46.2 Å². The van der Waals surface area contributed by atoms with Crippen LogP contribution in [0.2, 0.25) is 5.02 Å². The number of imidazole rings is 1. The number of amides is 2. The molecule has 14 heteroatoms. The van der Waals surface area contributed by atoms with Gasteiger partial charge < -0.3 is 24.9 Å². The van der Waals surface area contributed by atoms with E-state index in [1.807, 2.05) is 0 Å². The number of carbonyl (C=O) groups is 2. The standard InChI is InChI=1S/C26H26ClN9O4/c27-17-2-5-22(36-15-28-32-33-36)16(11-17)1-6-24(37)35-14-19(34-7-9-40-10-8-34)13-23(35)25(38)29-18-3-4-20-21(12-18)31-26(39)30-20/h1-6,11-12,15,19,23H,7-10,13-14H2,(H,29,38)(H2,30,31,39)/b6-1+/t19-,23-/m0/s1. The van der Waals surface area contributed by atoms with Crippen molar-refractivity contribution in [2.45, 2.75) is 18.5 Å². The van der Waals surface area contributed by atoms with Crippen LogP contribution in [0.25, 0.3) is 22.8 Å². The summed E-state index contributed by atoms with van der Waals surface area (Å²) in [5.41, 5.74) is 2.71. The van der Waals surface area contributed by atoms with Gasteiger partial charge in [-0.3, -0.25) is 14.5 Å².